The van der Waals surface area contributed by atoms with Crippen LogP contribution in [0.2, 0.25) is 0 Å². The zero-order valence-electron chi connectivity index (χ0n) is 23.4. The maximum atomic E-state index is 14.1. The van der Waals surface area contributed by atoms with Gasteiger partial charge in [-0.3, -0.25) is 0 Å². The first-order chi connectivity index (χ1) is 19.9. The molecule has 1 atom stereocenters. The summed E-state index contributed by atoms with van der Waals surface area (Å²) in [6, 6.07) is 26.8. The monoisotopic (exact) mass is 661 g/mol. The summed E-state index contributed by atoms with van der Waals surface area (Å²) in [6.07, 6.45) is 0. The SMILES string of the molecule is CCOCN1C(C)=C(C(=O)OCC)C(C#Cc2ccccc2)C(C(=O)OCc2cccc(I)c2)=C1c1ccccc1. The molecule has 41 heavy (non-hydrogen) atoms. The van der Waals surface area contributed by atoms with Crippen LogP contribution in [0.15, 0.2) is 102 Å². The van der Waals surface area contributed by atoms with Gasteiger partial charge >= 0.3 is 11.9 Å². The van der Waals surface area contributed by atoms with Crippen molar-refractivity contribution in [3.05, 3.63) is 122 Å². The van der Waals surface area contributed by atoms with Crippen molar-refractivity contribution in [3.63, 3.8) is 0 Å². The number of benzene rings is 3. The fourth-order valence-corrected chi connectivity index (χ4v) is 5.17. The van der Waals surface area contributed by atoms with Crippen LogP contribution in [0.3, 0.4) is 0 Å². The van der Waals surface area contributed by atoms with Gasteiger partial charge in [-0.2, -0.15) is 0 Å². The highest BCUT2D eigenvalue weighted by Crippen LogP contribution is 2.41. The summed E-state index contributed by atoms with van der Waals surface area (Å²) in [4.78, 5) is 29.4. The van der Waals surface area contributed by atoms with E-state index in [9.17, 15) is 9.59 Å². The summed E-state index contributed by atoms with van der Waals surface area (Å²) in [5.41, 5.74) is 4.15. The first-order valence-electron chi connectivity index (χ1n) is 13.5. The van der Waals surface area contributed by atoms with Gasteiger partial charge in [0, 0.05) is 21.4 Å². The number of hydrogen-bond acceptors (Lipinski definition) is 6. The first kappa shape index (κ1) is 30.1. The molecule has 6 nitrogen and oxygen atoms in total. The predicted molar refractivity (Wildman–Crippen MR) is 167 cm³/mol. The Morgan fingerprint density at radius 1 is 0.854 bits per heavy atom. The van der Waals surface area contributed by atoms with Crippen LogP contribution >= 0.6 is 22.6 Å². The van der Waals surface area contributed by atoms with Crippen LogP contribution in [0.1, 0.15) is 37.5 Å². The average Bonchev–Trinajstić information content (AvgIpc) is 2.99. The summed E-state index contributed by atoms with van der Waals surface area (Å²) < 4.78 is 18.3. The van der Waals surface area contributed by atoms with Crippen LogP contribution < -0.4 is 0 Å². The van der Waals surface area contributed by atoms with Gasteiger partial charge in [0.1, 0.15) is 13.3 Å². The van der Waals surface area contributed by atoms with Crippen molar-refractivity contribution in [3.8, 4) is 11.8 Å². The quantitative estimate of drug-likeness (QED) is 0.147. The molecule has 210 valence electrons. The molecular formula is C34H32INO5. The second kappa shape index (κ2) is 14.7. The molecule has 0 aliphatic carbocycles. The number of allylic oxidation sites excluding steroid dienone is 1. The molecule has 0 spiro atoms. The highest BCUT2D eigenvalue weighted by atomic mass is 127. The third kappa shape index (κ3) is 7.46. The van der Waals surface area contributed by atoms with Crippen LogP contribution in [0.4, 0.5) is 0 Å². The highest BCUT2D eigenvalue weighted by molar-refractivity contribution is 14.1. The molecule has 0 bridgehead atoms. The molecule has 1 aliphatic rings. The molecule has 0 aromatic heterocycles. The number of carbonyl (C=O) groups excluding carboxylic acids is 2. The topological polar surface area (TPSA) is 65.1 Å². The number of halogens is 1. The molecule has 0 N–H and O–H groups in total. The molecule has 3 aromatic rings. The van der Waals surface area contributed by atoms with Crippen LogP contribution in [-0.4, -0.2) is 36.8 Å². The predicted octanol–water partition coefficient (Wildman–Crippen LogP) is 6.56. The Hall–Kier alpha value is -3.87. The third-order valence-corrected chi connectivity index (χ3v) is 7.15. The standard InChI is InChI=1S/C34H32INO5/c1-4-39-23-36-24(3)30(33(37)40-5-2)29(20-19-25-13-8-6-9-14-25)31(32(36)27-16-10-7-11-17-27)34(38)41-22-26-15-12-18-28(35)21-26/h6-18,21,29H,4-5,22-23H2,1-3H3. The fraction of sp³-hybridized carbons (Fsp3) is 0.235. The molecule has 0 fully saturated rings. The van der Waals surface area contributed by atoms with Crippen molar-refractivity contribution in [1.29, 1.82) is 0 Å². The van der Waals surface area contributed by atoms with Crippen molar-refractivity contribution in [1.82, 2.24) is 4.90 Å². The number of esters is 2. The number of rotatable bonds is 9. The number of hydrogen-bond donors (Lipinski definition) is 0. The lowest BCUT2D eigenvalue weighted by atomic mass is 9.83. The van der Waals surface area contributed by atoms with Crippen molar-refractivity contribution in [2.24, 2.45) is 5.92 Å². The van der Waals surface area contributed by atoms with E-state index in [-0.39, 0.29) is 31.1 Å². The van der Waals surface area contributed by atoms with Gasteiger partial charge in [0.05, 0.1) is 29.4 Å². The Labute approximate surface area is 255 Å². The van der Waals surface area contributed by atoms with E-state index in [2.05, 4.69) is 34.4 Å². The Balaban J connectivity index is 1.93. The van der Waals surface area contributed by atoms with E-state index in [0.29, 0.717) is 18.0 Å². The molecular weight excluding hydrogens is 629 g/mol. The molecule has 1 aliphatic heterocycles. The lowest BCUT2D eigenvalue weighted by Gasteiger charge is -2.37. The summed E-state index contributed by atoms with van der Waals surface area (Å²) >= 11 is 2.23. The van der Waals surface area contributed by atoms with E-state index < -0.39 is 17.9 Å². The average molecular weight is 662 g/mol. The molecule has 1 heterocycles. The van der Waals surface area contributed by atoms with E-state index in [1.807, 2.05) is 104 Å². The van der Waals surface area contributed by atoms with Crippen molar-refractivity contribution >= 4 is 40.2 Å². The summed E-state index contributed by atoms with van der Waals surface area (Å²) in [6.45, 7) is 6.31. The number of nitrogens with zero attached hydrogens (tertiary/aromatic N) is 1. The molecule has 0 amide bonds. The molecule has 4 rings (SSSR count). The Morgan fingerprint density at radius 2 is 1.54 bits per heavy atom. The summed E-state index contributed by atoms with van der Waals surface area (Å²) in [7, 11) is 0. The van der Waals surface area contributed by atoms with Gasteiger partial charge in [0.15, 0.2) is 0 Å². The van der Waals surface area contributed by atoms with E-state index in [1.54, 1.807) is 6.92 Å². The molecule has 7 heteroatoms. The van der Waals surface area contributed by atoms with Gasteiger partial charge in [-0.1, -0.05) is 72.5 Å². The van der Waals surface area contributed by atoms with Crippen LogP contribution in [-0.2, 0) is 30.4 Å². The van der Waals surface area contributed by atoms with Crippen LogP contribution in [0, 0.1) is 21.3 Å². The second-order valence-electron chi connectivity index (χ2n) is 9.17. The van der Waals surface area contributed by atoms with E-state index in [0.717, 1.165) is 20.3 Å². The number of carbonyl (C=O) groups is 2. The first-order valence-corrected chi connectivity index (χ1v) is 14.5. The van der Waals surface area contributed by atoms with Crippen LogP contribution in [0.25, 0.3) is 5.70 Å². The molecule has 1 unspecified atom stereocenters. The summed E-state index contributed by atoms with van der Waals surface area (Å²) in [5, 5.41) is 0. The van der Waals surface area contributed by atoms with Gasteiger partial charge < -0.3 is 19.1 Å². The minimum absolute atomic E-state index is 0.0724. The van der Waals surface area contributed by atoms with Gasteiger partial charge in [-0.15, -0.1) is 0 Å². The van der Waals surface area contributed by atoms with E-state index in [1.165, 1.54) is 0 Å². The van der Waals surface area contributed by atoms with E-state index in [4.69, 9.17) is 14.2 Å². The van der Waals surface area contributed by atoms with Crippen LogP contribution in [0.5, 0.6) is 0 Å². The molecule has 0 radical (unpaired) electrons. The zero-order chi connectivity index (χ0) is 29.2. The van der Waals surface area contributed by atoms with Crippen molar-refractivity contribution in [2.45, 2.75) is 27.4 Å². The van der Waals surface area contributed by atoms with E-state index >= 15 is 0 Å². The zero-order valence-corrected chi connectivity index (χ0v) is 25.5. The normalized spacial score (nSPS) is 14.8. The largest absolute Gasteiger partial charge is 0.463 e. The maximum absolute atomic E-state index is 14.1. The van der Waals surface area contributed by atoms with Gasteiger partial charge in [0.2, 0.25) is 0 Å². The Kier molecular flexibility index (Phi) is 10.8. The Morgan fingerprint density at radius 3 is 2.20 bits per heavy atom. The molecule has 0 saturated heterocycles. The second-order valence-corrected chi connectivity index (χ2v) is 10.4. The van der Waals surface area contributed by atoms with Gasteiger partial charge in [-0.05, 0) is 78.8 Å². The highest BCUT2D eigenvalue weighted by Gasteiger charge is 2.41. The lowest BCUT2D eigenvalue weighted by molar-refractivity contribution is -0.141. The van der Waals surface area contributed by atoms with Crippen molar-refractivity contribution in [2.75, 3.05) is 19.9 Å². The fourth-order valence-electron chi connectivity index (χ4n) is 4.56. The van der Waals surface area contributed by atoms with Gasteiger partial charge in [0.25, 0.3) is 0 Å². The molecule has 0 saturated carbocycles. The summed E-state index contributed by atoms with van der Waals surface area (Å²) in [5.74, 6) is 4.41. The number of ether oxygens (including phenoxy) is 3. The minimum atomic E-state index is -0.897. The lowest BCUT2D eigenvalue weighted by Crippen LogP contribution is -2.37. The molecule has 3 aromatic carbocycles. The minimum Gasteiger partial charge on any atom is -0.463 e. The van der Waals surface area contributed by atoms with Crippen molar-refractivity contribution < 1.29 is 23.8 Å². The maximum Gasteiger partial charge on any atom is 0.338 e. The van der Waals surface area contributed by atoms with Gasteiger partial charge in [-0.25, -0.2) is 9.59 Å². The third-order valence-electron chi connectivity index (χ3n) is 6.48. The smallest absolute Gasteiger partial charge is 0.338 e. The Bertz CT molecular complexity index is 1500.